The van der Waals surface area contributed by atoms with Gasteiger partial charge in [-0.3, -0.25) is 4.79 Å². The fraction of sp³-hybridized carbons (Fsp3) is 0.118. The zero-order valence-corrected chi connectivity index (χ0v) is 12.6. The summed E-state index contributed by atoms with van der Waals surface area (Å²) < 4.78 is 10.2. The van der Waals surface area contributed by atoms with Crippen LogP contribution in [0.4, 0.5) is 0 Å². The molecule has 2 N–H and O–H groups in total. The Morgan fingerprint density at radius 3 is 2.58 bits per heavy atom. The molecule has 2 heterocycles. The molecule has 0 aliphatic carbocycles. The van der Waals surface area contributed by atoms with Crippen molar-refractivity contribution in [1.82, 2.24) is 10.5 Å². The highest BCUT2D eigenvalue weighted by Gasteiger charge is 2.14. The third-order valence-corrected chi connectivity index (χ3v) is 3.41. The number of carboxylic acids is 1. The second-order valence-electron chi connectivity index (χ2n) is 5.06. The summed E-state index contributed by atoms with van der Waals surface area (Å²) in [5, 5.41) is 15.3. The highest BCUT2D eigenvalue weighted by Crippen LogP contribution is 2.20. The number of hydrogen-bond acceptors (Lipinski definition) is 5. The molecule has 3 rings (SSSR count). The summed E-state index contributed by atoms with van der Waals surface area (Å²) in [7, 11) is 0. The number of nitrogens with one attached hydrogen (secondary N) is 1. The van der Waals surface area contributed by atoms with Gasteiger partial charge in [-0.05, 0) is 36.2 Å². The lowest BCUT2D eigenvalue weighted by Gasteiger charge is -2.03. The minimum Gasteiger partial charge on any atom is -0.478 e. The molecule has 0 aliphatic heterocycles. The predicted octanol–water partition coefficient (Wildman–Crippen LogP) is 2.61. The maximum absolute atomic E-state index is 12.0. The molecule has 0 bridgehead atoms. The van der Waals surface area contributed by atoms with Crippen LogP contribution in [0.15, 0.2) is 57.7 Å². The Balaban J connectivity index is 1.53. The fourth-order valence-corrected chi connectivity index (χ4v) is 2.14. The Morgan fingerprint density at radius 2 is 1.92 bits per heavy atom. The predicted molar refractivity (Wildman–Crippen MR) is 83.6 cm³/mol. The minimum atomic E-state index is -0.965. The van der Waals surface area contributed by atoms with Crippen LogP contribution in [0.5, 0.6) is 0 Å². The monoisotopic (exact) mass is 326 g/mol. The average molecular weight is 326 g/mol. The van der Waals surface area contributed by atoms with Crippen LogP contribution in [-0.4, -0.2) is 28.7 Å². The van der Waals surface area contributed by atoms with Gasteiger partial charge >= 0.3 is 5.97 Å². The third kappa shape index (κ3) is 3.52. The van der Waals surface area contributed by atoms with Crippen molar-refractivity contribution in [1.29, 1.82) is 0 Å². The summed E-state index contributed by atoms with van der Waals surface area (Å²) in [4.78, 5) is 22.8. The summed E-state index contributed by atoms with van der Waals surface area (Å²) >= 11 is 0. The molecule has 7 heteroatoms. The highest BCUT2D eigenvalue weighted by molar-refractivity contribution is 5.92. The zero-order chi connectivity index (χ0) is 16.9. The van der Waals surface area contributed by atoms with Crippen molar-refractivity contribution in [2.45, 2.75) is 6.42 Å². The molecule has 2 aromatic heterocycles. The number of rotatable bonds is 6. The second-order valence-corrected chi connectivity index (χ2v) is 5.06. The van der Waals surface area contributed by atoms with Crippen molar-refractivity contribution in [3.8, 4) is 11.5 Å². The van der Waals surface area contributed by atoms with Gasteiger partial charge in [-0.25, -0.2) is 4.79 Å². The summed E-state index contributed by atoms with van der Waals surface area (Å²) in [6.45, 7) is 0.397. The quantitative estimate of drug-likeness (QED) is 0.721. The van der Waals surface area contributed by atoms with Crippen LogP contribution >= 0.6 is 0 Å². The van der Waals surface area contributed by atoms with Gasteiger partial charge in [0.15, 0.2) is 11.5 Å². The average Bonchev–Trinajstić information content (AvgIpc) is 3.26. The van der Waals surface area contributed by atoms with Crippen molar-refractivity contribution in [2.75, 3.05) is 6.54 Å². The van der Waals surface area contributed by atoms with Crippen LogP contribution in [-0.2, 0) is 6.42 Å². The summed E-state index contributed by atoms with van der Waals surface area (Å²) in [5.74, 6) is -0.429. The largest absolute Gasteiger partial charge is 0.478 e. The van der Waals surface area contributed by atoms with E-state index in [0.717, 1.165) is 5.56 Å². The van der Waals surface area contributed by atoms with Gasteiger partial charge in [-0.1, -0.05) is 17.3 Å². The zero-order valence-electron chi connectivity index (χ0n) is 12.6. The molecule has 3 aromatic rings. The molecular formula is C17H14N2O5. The van der Waals surface area contributed by atoms with Crippen molar-refractivity contribution in [3.05, 3.63) is 65.5 Å². The number of carboxylic acid groups (broad SMARTS) is 1. The molecule has 0 fully saturated rings. The highest BCUT2D eigenvalue weighted by atomic mass is 16.5. The second kappa shape index (κ2) is 6.82. The number of benzene rings is 1. The molecular weight excluding hydrogens is 312 g/mol. The van der Waals surface area contributed by atoms with Gasteiger partial charge in [-0.15, -0.1) is 0 Å². The topological polar surface area (TPSA) is 106 Å². The molecule has 0 aliphatic rings. The Hall–Kier alpha value is -3.35. The number of aromatic carboxylic acids is 1. The molecule has 0 unspecified atom stereocenters. The number of aromatic nitrogens is 1. The smallest absolute Gasteiger partial charge is 0.335 e. The van der Waals surface area contributed by atoms with E-state index in [-0.39, 0.29) is 17.2 Å². The molecule has 0 saturated carbocycles. The number of carbonyl (C=O) groups is 2. The van der Waals surface area contributed by atoms with Gasteiger partial charge in [0.05, 0.1) is 11.8 Å². The molecule has 0 atom stereocenters. The Bertz CT molecular complexity index is 834. The first-order valence-electron chi connectivity index (χ1n) is 7.24. The number of amides is 1. The van der Waals surface area contributed by atoms with Gasteiger partial charge < -0.3 is 19.4 Å². The van der Waals surface area contributed by atoms with Gasteiger partial charge in [0, 0.05) is 12.6 Å². The lowest BCUT2D eigenvalue weighted by Crippen LogP contribution is -2.25. The molecule has 24 heavy (non-hydrogen) atoms. The number of carbonyl (C=O) groups excluding carboxylic acids is 1. The molecule has 1 aromatic carbocycles. The van der Waals surface area contributed by atoms with Crippen LogP contribution < -0.4 is 5.32 Å². The normalized spacial score (nSPS) is 10.5. The number of hydrogen-bond donors (Lipinski definition) is 2. The number of nitrogens with zero attached hydrogens (tertiary/aromatic N) is 1. The van der Waals surface area contributed by atoms with Crippen LogP contribution in [0.25, 0.3) is 11.5 Å². The first kappa shape index (κ1) is 15.5. The Morgan fingerprint density at radius 1 is 1.12 bits per heavy atom. The summed E-state index contributed by atoms with van der Waals surface area (Å²) in [6, 6.07) is 11.5. The van der Waals surface area contributed by atoms with E-state index < -0.39 is 5.97 Å². The van der Waals surface area contributed by atoms with Crippen LogP contribution in [0.2, 0.25) is 0 Å². The molecule has 0 saturated heterocycles. The summed E-state index contributed by atoms with van der Waals surface area (Å²) in [5.41, 5.74) is 1.33. The van der Waals surface area contributed by atoms with Crippen molar-refractivity contribution < 1.29 is 23.6 Å². The summed E-state index contributed by atoms with van der Waals surface area (Å²) in [6.07, 6.45) is 2.09. The minimum absolute atomic E-state index is 0.169. The third-order valence-electron chi connectivity index (χ3n) is 3.41. The molecule has 7 nitrogen and oxygen atoms in total. The molecule has 122 valence electrons. The Kier molecular flexibility index (Phi) is 4.42. The maximum Gasteiger partial charge on any atom is 0.335 e. The lowest BCUT2D eigenvalue weighted by molar-refractivity contribution is 0.0696. The first-order valence-corrected chi connectivity index (χ1v) is 7.24. The van der Waals surface area contributed by atoms with E-state index in [0.29, 0.717) is 24.5 Å². The van der Waals surface area contributed by atoms with E-state index in [4.69, 9.17) is 14.0 Å². The van der Waals surface area contributed by atoms with E-state index in [1.54, 1.807) is 24.3 Å². The fourth-order valence-electron chi connectivity index (χ4n) is 2.14. The first-order chi connectivity index (χ1) is 11.6. The molecule has 1 amide bonds. The van der Waals surface area contributed by atoms with Gasteiger partial charge in [0.25, 0.3) is 5.91 Å². The van der Waals surface area contributed by atoms with E-state index in [9.17, 15) is 9.59 Å². The van der Waals surface area contributed by atoms with Crippen molar-refractivity contribution in [2.24, 2.45) is 0 Å². The van der Waals surface area contributed by atoms with E-state index >= 15 is 0 Å². The SMILES string of the molecule is O=C(O)c1ccc(CCNC(=O)c2cc(-c3ccco3)on2)cc1. The van der Waals surface area contributed by atoms with Gasteiger partial charge in [0.2, 0.25) is 5.76 Å². The van der Waals surface area contributed by atoms with Crippen LogP contribution in [0.3, 0.4) is 0 Å². The van der Waals surface area contributed by atoms with Crippen molar-refractivity contribution in [3.63, 3.8) is 0 Å². The maximum atomic E-state index is 12.0. The van der Waals surface area contributed by atoms with E-state index in [2.05, 4.69) is 10.5 Å². The van der Waals surface area contributed by atoms with Gasteiger partial charge in [0.1, 0.15) is 0 Å². The van der Waals surface area contributed by atoms with Crippen molar-refractivity contribution >= 4 is 11.9 Å². The van der Waals surface area contributed by atoms with E-state index in [1.807, 2.05) is 0 Å². The van der Waals surface area contributed by atoms with E-state index in [1.165, 1.54) is 24.5 Å². The molecule has 0 spiro atoms. The lowest BCUT2D eigenvalue weighted by atomic mass is 10.1. The Labute approximate surface area is 136 Å². The number of furan rings is 1. The van der Waals surface area contributed by atoms with Gasteiger partial charge in [-0.2, -0.15) is 0 Å². The standard InChI is InChI=1S/C17H14N2O5/c20-16(13-10-15(24-19-13)14-2-1-9-23-14)18-8-7-11-3-5-12(6-4-11)17(21)22/h1-6,9-10H,7-8H2,(H,18,20)(H,21,22). The van der Waals surface area contributed by atoms with Crippen LogP contribution in [0.1, 0.15) is 26.4 Å². The van der Waals surface area contributed by atoms with Crippen LogP contribution in [0, 0.1) is 0 Å². The molecule has 0 radical (unpaired) electrons.